The fourth-order valence-electron chi connectivity index (χ4n) is 1.62. The van der Waals surface area contributed by atoms with Gasteiger partial charge in [0.1, 0.15) is 5.82 Å². The monoisotopic (exact) mass is 365 g/mol. The minimum Gasteiger partial charge on any atom is -0.503 e. The van der Waals surface area contributed by atoms with Crippen molar-refractivity contribution in [1.29, 1.82) is 0 Å². The third-order valence-corrected chi connectivity index (χ3v) is 3.48. The lowest BCUT2D eigenvalue weighted by molar-refractivity contribution is 0.395. The van der Waals surface area contributed by atoms with E-state index in [0.29, 0.717) is 10.2 Å². The molecule has 2 aromatic carbocycles. The van der Waals surface area contributed by atoms with E-state index in [1.807, 2.05) is 0 Å². The molecule has 0 aliphatic carbocycles. The van der Waals surface area contributed by atoms with Gasteiger partial charge in [0.2, 0.25) is 0 Å². The number of aromatic hydroxyl groups is 1. The van der Waals surface area contributed by atoms with Gasteiger partial charge in [0.15, 0.2) is 17.4 Å². The van der Waals surface area contributed by atoms with E-state index in [9.17, 15) is 13.2 Å². The van der Waals surface area contributed by atoms with Crippen molar-refractivity contribution >= 4 is 33.2 Å². The van der Waals surface area contributed by atoms with Crippen LogP contribution in [0.25, 0.3) is 0 Å². The summed E-state index contributed by atoms with van der Waals surface area (Å²) in [6.07, 6.45) is 0. The molecule has 0 unspecified atom stereocenters. The van der Waals surface area contributed by atoms with E-state index in [1.54, 1.807) is 0 Å². The van der Waals surface area contributed by atoms with E-state index in [1.165, 1.54) is 6.07 Å². The van der Waals surface area contributed by atoms with Crippen LogP contribution in [0.3, 0.4) is 0 Å². The molecule has 0 saturated heterocycles. The van der Waals surface area contributed by atoms with Crippen molar-refractivity contribution in [1.82, 2.24) is 0 Å². The predicted molar refractivity (Wildman–Crippen MR) is 74.5 cm³/mol. The van der Waals surface area contributed by atoms with Crippen LogP contribution in [-0.2, 0) is 6.54 Å². The van der Waals surface area contributed by atoms with Gasteiger partial charge in [0.25, 0.3) is 0 Å². The maximum absolute atomic E-state index is 13.2. The number of nitrogens with one attached hydrogen (secondary N) is 1. The van der Waals surface area contributed by atoms with E-state index < -0.39 is 23.2 Å². The van der Waals surface area contributed by atoms with Crippen LogP contribution in [0.5, 0.6) is 5.75 Å². The number of hydrogen-bond acceptors (Lipinski definition) is 2. The van der Waals surface area contributed by atoms with Gasteiger partial charge >= 0.3 is 0 Å². The maximum Gasteiger partial charge on any atom is 0.187 e. The average Bonchev–Trinajstić information content (AvgIpc) is 2.34. The number of anilines is 1. The number of rotatable bonds is 3. The standard InChI is InChI=1S/C13H8BrClF3NO/c14-8-3-7(16)4-9(15)12(8)19-5-6-1-10(17)13(20)11(18)2-6/h1-4,19-20H,5H2. The number of phenolic OH excluding ortho intramolecular Hbond substituents is 1. The molecule has 7 heteroatoms. The smallest absolute Gasteiger partial charge is 0.187 e. The van der Waals surface area contributed by atoms with Crippen molar-refractivity contribution < 1.29 is 18.3 Å². The summed E-state index contributed by atoms with van der Waals surface area (Å²) in [5, 5.41) is 12.0. The van der Waals surface area contributed by atoms with Gasteiger partial charge in [-0.15, -0.1) is 0 Å². The lowest BCUT2D eigenvalue weighted by Crippen LogP contribution is -2.02. The third-order valence-electron chi connectivity index (χ3n) is 2.55. The van der Waals surface area contributed by atoms with Crippen molar-refractivity contribution in [2.24, 2.45) is 0 Å². The summed E-state index contributed by atoms with van der Waals surface area (Å²) in [4.78, 5) is 0. The van der Waals surface area contributed by atoms with Crippen LogP contribution in [0, 0.1) is 17.5 Å². The Morgan fingerprint density at radius 1 is 1.10 bits per heavy atom. The first kappa shape index (κ1) is 15.0. The van der Waals surface area contributed by atoms with Crippen LogP contribution in [0.15, 0.2) is 28.7 Å². The summed E-state index contributed by atoms with van der Waals surface area (Å²) in [5.74, 6) is -3.62. The average molecular weight is 367 g/mol. The minimum atomic E-state index is -1.05. The summed E-state index contributed by atoms with van der Waals surface area (Å²) >= 11 is 9.01. The fraction of sp³-hybridized carbons (Fsp3) is 0.0769. The Labute approximate surface area is 126 Å². The lowest BCUT2D eigenvalue weighted by Gasteiger charge is -2.11. The van der Waals surface area contributed by atoms with Gasteiger partial charge in [-0.1, -0.05) is 11.6 Å². The molecule has 0 aliphatic rings. The van der Waals surface area contributed by atoms with E-state index >= 15 is 0 Å². The lowest BCUT2D eigenvalue weighted by atomic mass is 10.2. The van der Waals surface area contributed by atoms with E-state index in [4.69, 9.17) is 16.7 Å². The third kappa shape index (κ3) is 3.19. The molecule has 0 saturated carbocycles. The molecule has 0 amide bonds. The Morgan fingerprint density at radius 2 is 1.70 bits per heavy atom. The molecule has 2 aromatic rings. The quantitative estimate of drug-likeness (QED) is 0.815. The van der Waals surface area contributed by atoms with Crippen LogP contribution >= 0.6 is 27.5 Å². The van der Waals surface area contributed by atoms with Crippen LogP contribution in [-0.4, -0.2) is 5.11 Å². The van der Waals surface area contributed by atoms with Gasteiger partial charge in [-0.2, -0.15) is 0 Å². The first-order valence-electron chi connectivity index (χ1n) is 5.44. The summed E-state index contributed by atoms with van der Waals surface area (Å²) in [5.41, 5.74) is 0.673. The second kappa shape index (κ2) is 5.93. The molecule has 0 aliphatic heterocycles. The van der Waals surface area contributed by atoms with Crippen LogP contribution < -0.4 is 5.32 Å². The van der Waals surface area contributed by atoms with E-state index in [-0.39, 0.29) is 17.1 Å². The molecule has 106 valence electrons. The number of phenols is 1. The zero-order valence-electron chi connectivity index (χ0n) is 9.85. The Balaban J connectivity index is 2.21. The first-order chi connectivity index (χ1) is 9.38. The van der Waals surface area contributed by atoms with Crippen LogP contribution in [0.4, 0.5) is 18.9 Å². The van der Waals surface area contributed by atoms with Gasteiger partial charge in [0, 0.05) is 11.0 Å². The largest absolute Gasteiger partial charge is 0.503 e. The molecule has 2 rings (SSSR count). The molecule has 0 aromatic heterocycles. The molecular weight excluding hydrogens is 358 g/mol. The van der Waals surface area contributed by atoms with Gasteiger partial charge in [-0.25, -0.2) is 13.2 Å². The van der Waals surface area contributed by atoms with Crippen molar-refractivity contribution in [2.45, 2.75) is 6.54 Å². The molecule has 0 radical (unpaired) electrons. The zero-order valence-corrected chi connectivity index (χ0v) is 12.2. The van der Waals surface area contributed by atoms with E-state index in [2.05, 4.69) is 21.2 Å². The molecule has 0 fully saturated rings. The van der Waals surface area contributed by atoms with Crippen molar-refractivity contribution in [2.75, 3.05) is 5.32 Å². The van der Waals surface area contributed by atoms with Gasteiger partial charge in [-0.05, 0) is 45.8 Å². The van der Waals surface area contributed by atoms with Crippen LogP contribution in [0.1, 0.15) is 5.56 Å². The summed E-state index contributed by atoms with van der Waals surface area (Å²) < 4.78 is 39.8. The van der Waals surface area contributed by atoms with Crippen LogP contribution in [0.2, 0.25) is 5.02 Å². The second-order valence-electron chi connectivity index (χ2n) is 4.01. The number of hydrogen-bond donors (Lipinski definition) is 2. The Kier molecular flexibility index (Phi) is 4.45. The summed E-state index contributed by atoms with van der Waals surface area (Å²) in [6.45, 7) is 0.0536. The fourth-order valence-corrected chi connectivity index (χ4v) is 2.58. The predicted octanol–water partition coefficient (Wildman–Crippen LogP) is 4.84. The number of halogens is 5. The normalized spacial score (nSPS) is 10.7. The van der Waals surface area contributed by atoms with Crippen molar-refractivity contribution in [3.05, 3.63) is 56.8 Å². The molecule has 20 heavy (non-hydrogen) atoms. The number of benzene rings is 2. The van der Waals surface area contributed by atoms with E-state index in [0.717, 1.165) is 18.2 Å². The van der Waals surface area contributed by atoms with Gasteiger partial charge in [0.05, 0.1) is 10.7 Å². The van der Waals surface area contributed by atoms with Gasteiger partial charge in [-0.3, -0.25) is 0 Å². The molecule has 0 heterocycles. The molecule has 2 N–H and O–H groups in total. The first-order valence-corrected chi connectivity index (χ1v) is 6.61. The Bertz CT molecular complexity index is 620. The second-order valence-corrected chi connectivity index (χ2v) is 5.27. The van der Waals surface area contributed by atoms with Crippen molar-refractivity contribution in [3.8, 4) is 5.75 Å². The molecule has 0 atom stereocenters. The highest BCUT2D eigenvalue weighted by Crippen LogP contribution is 2.32. The summed E-state index contributed by atoms with van der Waals surface area (Å²) in [7, 11) is 0. The van der Waals surface area contributed by atoms with Gasteiger partial charge < -0.3 is 10.4 Å². The Morgan fingerprint density at radius 3 is 2.25 bits per heavy atom. The highest BCUT2D eigenvalue weighted by atomic mass is 79.9. The molecular formula is C13H8BrClF3NO. The SMILES string of the molecule is Oc1c(F)cc(CNc2c(Cl)cc(F)cc2Br)cc1F. The highest BCUT2D eigenvalue weighted by molar-refractivity contribution is 9.10. The topological polar surface area (TPSA) is 32.3 Å². The zero-order chi connectivity index (χ0) is 14.9. The summed E-state index contributed by atoms with van der Waals surface area (Å²) in [6, 6.07) is 4.33. The minimum absolute atomic E-state index is 0.0536. The maximum atomic E-state index is 13.2. The Hall–Kier alpha value is -1.40. The molecule has 0 bridgehead atoms. The molecule has 0 spiro atoms. The molecule has 2 nitrogen and oxygen atoms in total. The highest BCUT2D eigenvalue weighted by Gasteiger charge is 2.11. The van der Waals surface area contributed by atoms with Crippen molar-refractivity contribution in [3.63, 3.8) is 0 Å².